The van der Waals surface area contributed by atoms with Gasteiger partial charge in [0.2, 0.25) is 0 Å². The summed E-state index contributed by atoms with van der Waals surface area (Å²) in [6, 6.07) is 14.8. The summed E-state index contributed by atoms with van der Waals surface area (Å²) in [4.78, 5) is 22.6. The zero-order valence-corrected chi connectivity index (χ0v) is 10.3. The van der Waals surface area contributed by atoms with Gasteiger partial charge in [0.15, 0.2) is 0 Å². The molecule has 0 bridgehead atoms. The van der Waals surface area contributed by atoms with Gasteiger partial charge in [-0.3, -0.25) is 10.1 Å². The summed E-state index contributed by atoms with van der Waals surface area (Å²) in [5.74, 6) is 0. The van der Waals surface area contributed by atoms with Gasteiger partial charge in [0, 0.05) is 11.5 Å². The number of benzene rings is 2. The van der Waals surface area contributed by atoms with E-state index in [0.717, 1.165) is 5.39 Å². The van der Waals surface area contributed by atoms with Crippen molar-refractivity contribution < 1.29 is 9.34 Å². The highest BCUT2D eigenvalue weighted by atomic mass is 16.6. The van der Waals surface area contributed by atoms with E-state index in [-0.39, 0.29) is 16.8 Å². The molecule has 0 amide bonds. The lowest BCUT2D eigenvalue weighted by molar-refractivity contribution is -0.384. The molecule has 0 saturated carbocycles. The minimum atomic E-state index is -0.585. The van der Waals surface area contributed by atoms with Gasteiger partial charge in [0.1, 0.15) is 5.58 Å². The number of fused-ring (bicyclic) bond motifs is 1. The van der Waals surface area contributed by atoms with E-state index in [1.54, 1.807) is 42.5 Å². The van der Waals surface area contributed by atoms with Crippen molar-refractivity contribution in [1.82, 2.24) is 0 Å². The van der Waals surface area contributed by atoms with Crippen molar-refractivity contribution in [2.45, 2.75) is 0 Å². The summed E-state index contributed by atoms with van der Waals surface area (Å²) >= 11 is 0. The van der Waals surface area contributed by atoms with Crippen molar-refractivity contribution in [3.63, 3.8) is 0 Å². The Balaban J connectivity index is 2.33. The van der Waals surface area contributed by atoms with Gasteiger partial charge in [-0.05, 0) is 18.2 Å². The van der Waals surface area contributed by atoms with Crippen LogP contribution in [0.2, 0.25) is 0 Å². The molecular weight excluding hydrogens is 258 g/mol. The van der Waals surface area contributed by atoms with Crippen LogP contribution in [0.15, 0.2) is 63.8 Å². The second kappa shape index (κ2) is 4.62. The van der Waals surface area contributed by atoms with E-state index in [1.807, 2.05) is 6.07 Å². The highest BCUT2D eigenvalue weighted by Crippen LogP contribution is 2.28. The Bertz CT molecular complexity index is 867. The quantitative estimate of drug-likeness (QED) is 0.405. The number of nitrogens with zero attached hydrogens (tertiary/aromatic N) is 1. The lowest BCUT2D eigenvalue weighted by Gasteiger charge is -2.03. The van der Waals surface area contributed by atoms with Gasteiger partial charge in [-0.25, -0.2) is 4.79 Å². The molecule has 1 heterocycles. The van der Waals surface area contributed by atoms with Gasteiger partial charge in [-0.15, -0.1) is 0 Å². The Labute approximate surface area is 113 Å². The van der Waals surface area contributed by atoms with Crippen LogP contribution in [-0.4, -0.2) is 4.92 Å². The normalized spacial score (nSPS) is 10.6. The number of nitro benzene ring substituents is 1. The number of para-hydroxylation sites is 2. The molecule has 0 aliphatic rings. The van der Waals surface area contributed by atoms with Crippen LogP contribution in [0.3, 0.4) is 0 Å². The molecule has 1 aromatic heterocycles. The molecular formula is C15H9NO4. The van der Waals surface area contributed by atoms with E-state index < -0.39 is 10.5 Å². The number of hydrogen-bond donors (Lipinski definition) is 0. The Morgan fingerprint density at radius 2 is 1.65 bits per heavy atom. The van der Waals surface area contributed by atoms with Gasteiger partial charge >= 0.3 is 5.63 Å². The first-order valence-corrected chi connectivity index (χ1v) is 5.93. The third-order valence-electron chi connectivity index (χ3n) is 3.03. The molecule has 0 aliphatic carbocycles. The van der Waals surface area contributed by atoms with Gasteiger partial charge < -0.3 is 4.42 Å². The molecule has 0 radical (unpaired) electrons. The van der Waals surface area contributed by atoms with Gasteiger partial charge in [0.25, 0.3) is 5.69 Å². The molecule has 0 unspecified atom stereocenters. The molecule has 0 saturated heterocycles. The zero-order valence-electron chi connectivity index (χ0n) is 10.3. The number of nitro groups is 1. The molecule has 98 valence electrons. The van der Waals surface area contributed by atoms with E-state index in [4.69, 9.17) is 4.42 Å². The first-order valence-electron chi connectivity index (χ1n) is 5.93. The lowest BCUT2D eigenvalue weighted by atomic mass is 10.0. The molecule has 5 heteroatoms. The molecule has 0 atom stereocenters. The summed E-state index contributed by atoms with van der Waals surface area (Å²) in [5, 5.41) is 11.8. The van der Waals surface area contributed by atoms with Crippen LogP contribution in [0.25, 0.3) is 22.1 Å². The Morgan fingerprint density at radius 1 is 0.950 bits per heavy atom. The van der Waals surface area contributed by atoms with E-state index in [1.165, 1.54) is 6.07 Å². The molecule has 3 rings (SSSR count). The first kappa shape index (κ1) is 12.1. The van der Waals surface area contributed by atoms with Crippen molar-refractivity contribution in [3.8, 4) is 11.1 Å². The smallest absolute Gasteiger partial charge is 0.344 e. The van der Waals surface area contributed by atoms with Gasteiger partial charge in [-0.2, -0.15) is 0 Å². The highest BCUT2D eigenvalue weighted by Gasteiger charge is 2.18. The first-order chi connectivity index (χ1) is 9.66. The fourth-order valence-corrected chi connectivity index (χ4v) is 2.11. The van der Waals surface area contributed by atoms with E-state index in [0.29, 0.717) is 5.58 Å². The third kappa shape index (κ3) is 1.95. The summed E-state index contributed by atoms with van der Waals surface area (Å²) in [6.45, 7) is 0. The maximum atomic E-state index is 12.0. The van der Waals surface area contributed by atoms with Crippen LogP contribution in [0.1, 0.15) is 0 Å². The molecule has 0 fully saturated rings. The minimum absolute atomic E-state index is 0.116. The third-order valence-corrected chi connectivity index (χ3v) is 3.03. The van der Waals surface area contributed by atoms with Crippen molar-refractivity contribution in [1.29, 1.82) is 0 Å². The van der Waals surface area contributed by atoms with Crippen LogP contribution in [0.5, 0.6) is 0 Å². The predicted molar refractivity (Wildman–Crippen MR) is 74.6 cm³/mol. The van der Waals surface area contributed by atoms with Crippen LogP contribution in [-0.2, 0) is 0 Å². The number of hydrogen-bond acceptors (Lipinski definition) is 4. The maximum absolute atomic E-state index is 12.0. The van der Waals surface area contributed by atoms with Crippen molar-refractivity contribution in [2.24, 2.45) is 0 Å². The van der Waals surface area contributed by atoms with Gasteiger partial charge in [-0.1, -0.05) is 30.3 Å². The summed E-state index contributed by atoms with van der Waals surface area (Å²) < 4.78 is 5.20. The Hall–Kier alpha value is -2.95. The highest BCUT2D eigenvalue weighted by molar-refractivity contribution is 5.83. The largest absolute Gasteiger partial charge is 0.422 e. The van der Waals surface area contributed by atoms with Crippen LogP contribution in [0, 0.1) is 10.1 Å². The van der Waals surface area contributed by atoms with E-state index in [2.05, 4.69) is 0 Å². The minimum Gasteiger partial charge on any atom is -0.422 e. The average Bonchev–Trinajstić information content (AvgIpc) is 2.46. The fourth-order valence-electron chi connectivity index (χ4n) is 2.11. The Morgan fingerprint density at radius 3 is 2.45 bits per heavy atom. The number of rotatable bonds is 2. The lowest BCUT2D eigenvalue weighted by Crippen LogP contribution is -2.04. The van der Waals surface area contributed by atoms with Crippen molar-refractivity contribution >= 4 is 16.7 Å². The van der Waals surface area contributed by atoms with Crippen molar-refractivity contribution in [2.75, 3.05) is 0 Å². The summed E-state index contributed by atoms with van der Waals surface area (Å²) in [5.41, 5.74) is 0.209. The molecule has 20 heavy (non-hydrogen) atoms. The molecule has 0 aliphatic heterocycles. The molecule has 3 aromatic rings. The SMILES string of the molecule is O=c1oc2ccccc2cc1-c1ccccc1[N+](=O)[O-]. The van der Waals surface area contributed by atoms with E-state index in [9.17, 15) is 14.9 Å². The molecule has 2 aromatic carbocycles. The monoisotopic (exact) mass is 267 g/mol. The van der Waals surface area contributed by atoms with Crippen LogP contribution < -0.4 is 5.63 Å². The topological polar surface area (TPSA) is 73.3 Å². The fraction of sp³-hybridized carbons (Fsp3) is 0. The maximum Gasteiger partial charge on any atom is 0.344 e. The van der Waals surface area contributed by atoms with Crippen molar-refractivity contribution in [3.05, 3.63) is 75.1 Å². The van der Waals surface area contributed by atoms with E-state index >= 15 is 0 Å². The van der Waals surface area contributed by atoms with Gasteiger partial charge in [0.05, 0.1) is 16.1 Å². The molecule has 0 N–H and O–H groups in total. The summed E-state index contributed by atoms with van der Waals surface area (Å²) in [7, 11) is 0. The molecule has 0 spiro atoms. The Kier molecular flexibility index (Phi) is 2.80. The van der Waals surface area contributed by atoms with Crippen LogP contribution >= 0.6 is 0 Å². The second-order valence-corrected chi connectivity index (χ2v) is 4.26. The standard InChI is InChI=1S/C15H9NO4/c17-15-12(9-10-5-1-4-8-14(10)20-15)11-6-2-3-7-13(11)16(18)19/h1-9H. The van der Waals surface area contributed by atoms with Crippen LogP contribution in [0.4, 0.5) is 5.69 Å². The zero-order chi connectivity index (χ0) is 14.1. The average molecular weight is 267 g/mol. The second-order valence-electron chi connectivity index (χ2n) is 4.26. The predicted octanol–water partition coefficient (Wildman–Crippen LogP) is 3.37. The summed E-state index contributed by atoms with van der Waals surface area (Å²) in [6.07, 6.45) is 0. The molecule has 5 nitrogen and oxygen atoms in total.